The van der Waals surface area contributed by atoms with E-state index in [-0.39, 0.29) is 5.97 Å². The summed E-state index contributed by atoms with van der Waals surface area (Å²) >= 11 is 2.25. The van der Waals surface area contributed by atoms with E-state index in [0.717, 1.165) is 33.4 Å². The Bertz CT molecular complexity index is 726. The summed E-state index contributed by atoms with van der Waals surface area (Å²) in [5.74, 6) is 0.594. The van der Waals surface area contributed by atoms with Crippen molar-refractivity contribution < 1.29 is 14.3 Å². The van der Waals surface area contributed by atoms with Gasteiger partial charge in [-0.1, -0.05) is 13.3 Å². The molecule has 0 saturated carbocycles. The van der Waals surface area contributed by atoms with Crippen LogP contribution in [-0.2, 0) is 4.74 Å². The fourth-order valence-electron chi connectivity index (χ4n) is 2.10. The topological polar surface area (TPSA) is 47.9 Å². The van der Waals surface area contributed by atoms with Crippen molar-refractivity contribution in [2.24, 2.45) is 4.99 Å². The first-order valence-corrected chi connectivity index (χ1v) is 9.45. The third-order valence-corrected chi connectivity index (χ3v) is 4.30. The lowest BCUT2D eigenvalue weighted by Gasteiger charge is -2.06. The number of carbonyl (C=O) groups is 1. The minimum Gasteiger partial charge on any atom is -0.493 e. The van der Waals surface area contributed by atoms with Crippen LogP contribution in [0, 0.1) is 3.57 Å². The van der Waals surface area contributed by atoms with Crippen LogP contribution in [0.3, 0.4) is 0 Å². The molecule has 0 saturated heterocycles. The Hall–Kier alpha value is -1.89. The summed E-state index contributed by atoms with van der Waals surface area (Å²) in [7, 11) is 0. The first kappa shape index (κ1) is 19.4. The van der Waals surface area contributed by atoms with Crippen molar-refractivity contribution in [2.75, 3.05) is 13.2 Å². The molecule has 5 heteroatoms. The molecule has 0 radical (unpaired) electrons. The van der Waals surface area contributed by atoms with Gasteiger partial charge in [0.1, 0.15) is 5.75 Å². The molecular weight excluding hydrogens is 429 g/mol. The first-order valence-electron chi connectivity index (χ1n) is 8.37. The van der Waals surface area contributed by atoms with Gasteiger partial charge in [0.05, 0.1) is 28.0 Å². The second kappa shape index (κ2) is 10.2. The molecule has 0 aliphatic rings. The molecule has 0 unspecified atom stereocenters. The minimum atomic E-state index is -0.287. The molecule has 132 valence electrons. The molecule has 4 nitrogen and oxygen atoms in total. The molecule has 0 aliphatic carbocycles. The molecule has 25 heavy (non-hydrogen) atoms. The van der Waals surface area contributed by atoms with Gasteiger partial charge >= 0.3 is 5.97 Å². The van der Waals surface area contributed by atoms with Gasteiger partial charge in [-0.25, -0.2) is 4.79 Å². The Morgan fingerprint density at radius 1 is 1.16 bits per heavy atom. The summed E-state index contributed by atoms with van der Waals surface area (Å²) < 4.78 is 11.8. The van der Waals surface area contributed by atoms with Gasteiger partial charge in [-0.05, 0) is 84.0 Å². The summed E-state index contributed by atoms with van der Waals surface area (Å²) in [6, 6.07) is 13.0. The standard InChI is InChI=1S/C20H22INO3/c1-3-5-12-25-20(23)16-7-9-17(10-8-16)22-14-15-6-11-19(24-4-2)18(21)13-15/h6-11,13-14H,3-5,12H2,1-2H3. The summed E-state index contributed by atoms with van der Waals surface area (Å²) in [5, 5.41) is 0. The van der Waals surface area contributed by atoms with Gasteiger partial charge < -0.3 is 9.47 Å². The lowest BCUT2D eigenvalue weighted by Crippen LogP contribution is -2.05. The molecule has 2 aromatic carbocycles. The highest BCUT2D eigenvalue weighted by molar-refractivity contribution is 14.1. The number of hydrogen-bond acceptors (Lipinski definition) is 4. The molecule has 0 aliphatic heterocycles. The fourth-order valence-corrected chi connectivity index (χ4v) is 2.79. The lowest BCUT2D eigenvalue weighted by molar-refractivity contribution is 0.0500. The number of benzene rings is 2. The molecule has 0 N–H and O–H groups in total. The third-order valence-electron chi connectivity index (χ3n) is 3.45. The van der Waals surface area contributed by atoms with Gasteiger partial charge in [-0.15, -0.1) is 0 Å². The van der Waals surface area contributed by atoms with E-state index in [1.807, 2.05) is 37.3 Å². The highest BCUT2D eigenvalue weighted by atomic mass is 127. The minimum absolute atomic E-state index is 0.287. The predicted molar refractivity (Wildman–Crippen MR) is 109 cm³/mol. The lowest BCUT2D eigenvalue weighted by atomic mass is 10.2. The zero-order chi connectivity index (χ0) is 18.1. The summed E-state index contributed by atoms with van der Waals surface area (Å²) in [6.07, 6.45) is 3.69. The van der Waals surface area contributed by atoms with Crippen LogP contribution in [0.4, 0.5) is 5.69 Å². The average Bonchev–Trinajstić information content (AvgIpc) is 2.63. The van der Waals surface area contributed by atoms with E-state index in [1.165, 1.54) is 0 Å². The number of esters is 1. The zero-order valence-corrected chi connectivity index (χ0v) is 16.7. The third kappa shape index (κ3) is 6.16. The predicted octanol–water partition coefficient (Wildman–Crippen LogP) is 5.40. The number of ether oxygens (including phenoxy) is 2. The number of carbonyl (C=O) groups excluding carboxylic acids is 1. The Labute approximate surface area is 162 Å². The summed E-state index contributed by atoms with van der Waals surface area (Å²) in [5.41, 5.74) is 2.33. The van der Waals surface area contributed by atoms with Crippen LogP contribution < -0.4 is 4.74 Å². The smallest absolute Gasteiger partial charge is 0.338 e. The molecule has 0 bridgehead atoms. The quantitative estimate of drug-likeness (QED) is 0.234. The van der Waals surface area contributed by atoms with Gasteiger partial charge in [-0.3, -0.25) is 4.99 Å². The van der Waals surface area contributed by atoms with Crippen molar-refractivity contribution in [3.8, 4) is 5.75 Å². The molecule has 0 atom stereocenters. The van der Waals surface area contributed by atoms with E-state index in [4.69, 9.17) is 9.47 Å². The van der Waals surface area contributed by atoms with Crippen LogP contribution in [0.1, 0.15) is 42.6 Å². The van der Waals surface area contributed by atoms with E-state index in [1.54, 1.807) is 18.3 Å². The average molecular weight is 451 g/mol. The summed E-state index contributed by atoms with van der Waals surface area (Å²) in [4.78, 5) is 16.3. The van der Waals surface area contributed by atoms with Crippen molar-refractivity contribution in [2.45, 2.75) is 26.7 Å². The number of unbranched alkanes of at least 4 members (excludes halogenated alkanes) is 1. The van der Waals surface area contributed by atoms with Crippen LogP contribution in [0.15, 0.2) is 47.5 Å². The number of rotatable bonds is 8. The van der Waals surface area contributed by atoms with Crippen LogP contribution in [0.2, 0.25) is 0 Å². The molecule has 2 rings (SSSR count). The highest BCUT2D eigenvalue weighted by Crippen LogP contribution is 2.22. The van der Waals surface area contributed by atoms with E-state index in [2.05, 4.69) is 34.5 Å². The largest absolute Gasteiger partial charge is 0.493 e. The molecular formula is C20H22INO3. The van der Waals surface area contributed by atoms with Gasteiger partial charge in [0, 0.05) is 6.21 Å². The fraction of sp³-hybridized carbons (Fsp3) is 0.300. The number of halogens is 1. The van der Waals surface area contributed by atoms with E-state index < -0.39 is 0 Å². The van der Waals surface area contributed by atoms with Crippen molar-refractivity contribution in [1.82, 2.24) is 0 Å². The van der Waals surface area contributed by atoms with Crippen molar-refractivity contribution in [1.29, 1.82) is 0 Å². The molecule has 0 amide bonds. The van der Waals surface area contributed by atoms with Crippen LogP contribution >= 0.6 is 22.6 Å². The Morgan fingerprint density at radius 2 is 1.92 bits per heavy atom. The summed E-state index contributed by atoms with van der Waals surface area (Å²) in [6.45, 7) is 5.14. The highest BCUT2D eigenvalue weighted by Gasteiger charge is 2.06. The van der Waals surface area contributed by atoms with Crippen LogP contribution in [0.25, 0.3) is 0 Å². The number of aliphatic imine (C=N–C) groups is 1. The van der Waals surface area contributed by atoms with E-state index >= 15 is 0 Å². The Kier molecular flexibility index (Phi) is 7.91. The van der Waals surface area contributed by atoms with Crippen molar-refractivity contribution in [3.05, 3.63) is 57.2 Å². The SMILES string of the molecule is CCCCOC(=O)c1ccc(N=Cc2ccc(OCC)c(I)c2)cc1. The zero-order valence-electron chi connectivity index (χ0n) is 14.5. The van der Waals surface area contributed by atoms with Crippen LogP contribution in [-0.4, -0.2) is 25.4 Å². The molecule has 0 spiro atoms. The number of hydrogen-bond donors (Lipinski definition) is 0. The molecule has 0 heterocycles. The maximum atomic E-state index is 11.9. The molecule has 0 fully saturated rings. The normalized spacial score (nSPS) is 10.8. The Morgan fingerprint density at radius 3 is 2.56 bits per heavy atom. The van der Waals surface area contributed by atoms with Crippen LogP contribution in [0.5, 0.6) is 5.75 Å². The number of nitrogens with zero attached hydrogens (tertiary/aromatic N) is 1. The Balaban J connectivity index is 1.99. The maximum absolute atomic E-state index is 11.9. The van der Waals surface area contributed by atoms with Gasteiger partial charge in [0.15, 0.2) is 0 Å². The first-order chi connectivity index (χ1) is 12.1. The second-order valence-corrected chi connectivity index (χ2v) is 6.58. The maximum Gasteiger partial charge on any atom is 0.338 e. The second-order valence-electron chi connectivity index (χ2n) is 5.42. The molecule has 2 aromatic rings. The van der Waals surface area contributed by atoms with Crippen molar-refractivity contribution in [3.63, 3.8) is 0 Å². The molecule has 0 aromatic heterocycles. The van der Waals surface area contributed by atoms with E-state index in [0.29, 0.717) is 18.8 Å². The van der Waals surface area contributed by atoms with Gasteiger partial charge in [0.2, 0.25) is 0 Å². The van der Waals surface area contributed by atoms with Crippen molar-refractivity contribution >= 4 is 40.5 Å². The van der Waals surface area contributed by atoms with Gasteiger partial charge in [-0.2, -0.15) is 0 Å². The van der Waals surface area contributed by atoms with E-state index in [9.17, 15) is 4.79 Å². The van der Waals surface area contributed by atoms with Gasteiger partial charge in [0.25, 0.3) is 0 Å². The monoisotopic (exact) mass is 451 g/mol.